The summed E-state index contributed by atoms with van der Waals surface area (Å²) < 4.78 is 9.25. The monoisotopic (exact) mass is 733 g/mol. The maximum absolute atomic E-state index is 6.64. The molecule has 3 heterocycles. The van der Waals surface area contributed by atoms with E-state index in [0.29, 0.717) is 17.5 Å². The number of furan rings is 1. The van der Waals surface area contributed by atoms with Gasteiger partial charge in [0.2, 0.25) is 0 Å². The summed E-state index contributed by atoms with van der Waals surface area (Å²) in [5.74, 6) is 1.82. The Bertz CT molecular complexity index is 3260. The highest BCUT2D eigenvalue weighted by Gasteiger charge is 2.19. The summed E-state index contributed by atoms with van der Waals surface area (Å²) in [6.07, 6.45) is 0. The molecule has 0 N–H and O–H groups in total. The molecule has 3 aromatic heterocycles. The van der Waals surface area contributed by atoms with Crippen molar-refractivity contribution < 1.29 is 4.42 Å². The van der Waals surface area contributed by atoms with Crippen LogP contribution in [-0.2, 0) is 0 Å². The van der Waals surface area contributed by atoms with Crippen LogP contribution in [0.1, 0.15) is 0 Å². The van der Waals surface area contributed by atoms with E-state index in [0.717, 1.165) is 60.9 Å². The van der Waals surface area contributed by atoms with Gasteiger partial charge in [-0.1, -0.05) is 146 Å². The second kappa shape index (κ2) is 13.3. The molecule has 0 radical (unpaired) electrons. The van der Waals surface area contributed by atoms with Crippen LogP contribution in [0.4, 0.5) is 0 Å². The van der Waals surface area contributed by atoms with Gasteiger partial charge in [0.25, 0.3) is 0 Å². The minimum absolute atomic E-state index is 0.586. The zero-order chi connectivity index (χ0) is 37.0. The standard InChI is InChI=1S/C51H31N3OS/c1-3-13-32(14-4-1)34-17-11-18-36(29-34)50-52-49(33-15-5-2-6-16-33)53-51(54-50)37-25-27-42-45(31-37)55-44-23-12-22-41(48(42)44)39-20-8-7-19-38(39)35-26-28-47-43(30-35)40-21-9-10-24-46(40)56-47/h1-31H. The quantitative estimate of drug-likeness (QED) is 0.171. The summed E-state index contributed by atoms with van der Waals surface area (Å²) in [7, 11) is 0. The molecule has 8 aromatic carbocycles. The van der Waals surface area contributed by atoms with Crippen molar-refractivity contribution in [3.8, 4) is 67.5 Å². The van der Waals surface area contributed by atoms with E-state index in [2.05, 4.69) is 152 Å². The highest BCUT2D eigenvalue weighted by molar-refractivity contribution is 7.25. The second-order valence-electron chi connectivity index (χ2n) is 14.0. The van der Waals surface area contributed by atoms with Gasteiger partial charge in [0.1, 0.15) is 11.2 Å². The maximum Gasteiger partial charge on any atom is 0.164 e. The highest BCUT2D eigenvalue weighted by atomic mass is 32.1. The van der Waals surface area contributed by atoms with Gasteiger partial charge in [-0.2, -0.15) is 0 Å². The van der Waals surface area contributed by atoms with Crippen LogP contribution in [0.25, 0.3) is 110 Å². The van der Waals surface area contributed by atoms with E-state index in [9.17, 15) is 0 Å². The predicted octanol–water partition coefficient (Wildman–Crippen LogP) is 14.1. The first-order valence-corrected chi connectivity index (χ1v) is 19.5. The third kappa shape index (κ3) is 5.56. The Morgan fingerprint density at radius 3 is 1.73 bits per heavy atom. The molecule has 0 aliphatic heterocycles. The minimum atomic E-state index is 0.586. The average molecular weight is 734 g/mol. The molecule has 0 spiro atoms. The SMILES string of the molecule is c1ccc(-c2cccc(-c3nc(-c4ccccc4)nc(-c4ccc5c(c4)oc4cccc(-c6ccccc6-c6ccc7sc8ccccc8c7c6)c45)n3)c2)cc1. The summed E-state index contributed by atoms with van der Waals surface area (Å²) >= 11 is 1.84. The minimum Gasteiger partial charge on any atom is -0.456 e. The lowest BCUT2D eigenvalue weighted by Crippen LogP contribution is -2.00. The number of thiophene rings is 1. The van der Waals surface area contributed by atoms with Crippen LogP contribution < -0.4 is 0 Å². The summed E-state index contributed by atoms with van der Waals surface area (Å²) in [5, 5.41) is 4.72. The van der Waals surface area contributed by atoms with E-state index < -0.39 is 0 Å². The van der Waals surface area contributed by atoms with Crippen molar-refractivity contribution in [1.29, 1.82) is 0 Å². The van der Waals surface area contributed by atoms with Crippen LogP contribution in [0.5, 0.6) is 0 Å². The number of aromatic nitrogens is 3. The summed E-state index contributed by atoms with van der Waals surface area (Å²) in [6, 6.07) is 65.7. The second-order valence-corrected chi connectivity index (χ2v) is 15.0. The van der Waals surface area contributed by atoms with Crippen LogP contribution >= 0.6 is 11.3 Å². The number of fused-ring (bicyclic) bond motifs is 6. The van der Waals surface area contributed by atoms with Gasteiger partial charge in [-0.3, -0.25) is 0 Å². The van der Waals surface area contributed by atoms with Crippen molar-refractivity contribution in [1.82, 2.24) is 15.0 Å². The Balaban J connectivity index is 1.04. The molecule has 0 aliphatic rings. The molecule has 56 heavy (non-hydrogen) atoms. The fourth-order valence-corrected chi connectivity index (χ4v) is 8.96. The van der Waals surface area contributed by atoms with Crippen LogP contribution in [0.3, 0.4) is 0 Å². The van der Waals surface area contributed by atoms with Gasteiger partial charge < -0.3 is 4.42 Å². The number of rotatable bonds is 6. The molecule has 0 aliphatic carbocycles. The van der Waals surface area contributed by atoms with Crippen molar-refractivity contribution in [3.05, 3.63) is 188 Å². The Labute approximate surface area is 327 Å². The lowest BCUT2D eigenvalue weighted by Gasteiger charge is -2.12. The summed E-state index contributed by atoms with van der Waals surface area (Å²) in [5.41, 5.74) is 11.2. The van der Waals surface area contributed by atoms with E-state index in [1.165, 1.54) is 31.3 Å². The molecule has 0 fully saturated rings. The lowest BCUT2D eigenvalue weighted by atomic mass is 9.91. The van der Waals surface area contributed by atoms with Crippen LogP contribution in [0.15, 0.2) is 192 Å². The van der Waals surface area contributed by atoms with Gasteiger partial charge in [-0.25, -0.2) is 15.0 Å². The van der Waals surface area contributed by atoms with Crippen LogP contribution in [0, 0.1) is 0 Å². The fraction of sp³-hybridized carbons (Fsp3) is 0. The van der Waals surface area contributed by atoms with E-state index in [4.69, 9.17) is 19.4 Å². The Kier molecular flexibility index (Phi) is 7.64. The largest absolute Gasteiger partial charge is 0.456 e. The molecule has 0 amide bonds. The van der Waals surface area contributed by atoms with Gasteiger partial charge in [0.15, 0.2) is 17.5 Å². The Morgan fingerprint density at radius 2 is 0.911 bits per heavy atom. The predicted molar refractivity (Wildman–Crippen MR) is 233 cm³/mol. The summed E-state index contributed by atoms with van der Waals surface area (Å²) in [6.45, 7) is 0. The number of hydrogen-bond acceptors (Lipinski definition) is 5. The molecule has 11 rings (SSSR count). The molecule has 0 bridgehead atoms. The zero-order valence-electron chi connectivity index (χ0n) is 30.1. The molecule has 5 heteroatoms. The first-order chi connectivity index (χ1) is 27.7. The van der Waals surface area contributed by atoms with Crippen molar-refractivity contribution in [3.63, 3.8) is 0 Å². The molecule has 0 saturated carbocycles. The molecule has 4 nitrogen and oxygen atoms in total. The van der Waals surface area contributed by atoms with E-state index >= 15 is 0 Å². The van der Waals surface area contributed by atoms with Gasteiger partial charge in [0, 0.05) is 47.6 Å². The third-order valence-corrected chi connectivity index (χ3v) is 11.7. The van der Waals surface area contributed by atoms with Gasteiger partial charge in [-0.05, 0) is 75.8 Å². The van der Waals surface area contributed by atoms with E-state index in [1.807, 2.05) is 47.7 Å². The Morgan fingerprint density at radius 1 is 0.321 bits per heavy atom. The van der Waals surface area contributed by atoms with Crippen LogP contribution in [0.2, 0.25) is 0 Å². The molecule has 0 saturated heterocycles. The normalized spacial score (nSPS) is 11.6. The Hall–Kier alpha value is -7.21. The molecule has 0 atom stereocenters. The third-order valence-electron chi connectivity index (χ3n) is 10.6. The molecule has 262 valence electrons. The van der Waals surface area contributed by atoms with Gasteiger partial charge in [0.05, 0.1) is 0 Å². The van der Waals surface area contributed by atoms with Crippen molar-refractivity contribution >= 4 is 53.4 Å². The smallest absolute Gasteiger partial charge is 0.164 e. The maximum atomic E-state index is 6.64. The van der Waals surface area contributed by atoms with Crippen LogP contribution in [-0.4, -0.2) is 15.0 Å². The van der Waals surface area contributed by atoms with Crippen molar-refractivity contribution in [2.75, 3.05) is 0 Å². The molecule has 11 aromatic rings. The fourth-order valence-electron chi connectivity index (χ4n) is 7.87. The zero-order valence-corrected chi connectivity index (χ0v) is 30.9. The first-order valence-electron chi connectivity index (χ1n) is 18.7. The number of nitrogens with zero attached hydrogens (tertiary/aromatic N) is 3. The average Bonchev–Trinajstić information content (AvgIpc) is 3.85. The van der Waals surface area contributed by atoms with Gasteiger partial charge in [-0.15, -0.1) is 11.3 Å². The van der Waals surface area contributed by atoms with Crippen molar-refractivity contribution in [2.24, 2.45) is 0 Å². The molecule has 0 unspecified atom stereocenters. The molecular formula is C51H31N3OS. The van der Waals surface area contributed by atoms with E-state index in [-0.39, 0.29) is 0 Å². The lowest BCUT2D eigenvalue weighted by molar-refractivity contribution is 0.669. The van der Waals surface area contributed by atoms with E-state index in [1.54, 1.807) is 0 Å². The highest BCUT2D eigenvalue weighted by Crippen LogP contribution is 2.43. The topological polar surface area (TPSA) is 51.8 Å². The van der Waals surface area contributed by atoms with Gasteiger partial charge >= 0.3 is 0 Å². The first kappa shape index (κ1) is 32.2. The van der Waals surface area contributed by atoms with Crippen molar-refractivity contribution in [2.45, 2.75) is 0 Å². The summed E-state index contributed by atoms with van der Waals surface area (Å²) in [4.78, 5) is 15.1. The number of benzene rings is 8. The molecular weight excluding hydrogens is 703 g/mol. The number of hydrogen-bond donors (Lipinski definition) is 0.